The van der Waals surface area contributed by atoms with Crippen LogP contribution in [0.1, 0.15) is 10.4 Å². The van der Waals surface area contributed by atoms with Crippen LogP contribution in [-0.4, -0.2) is 19.6 Å². The quantitative estimate of drug-likeness (QED) is 0.325. The summed E-state index contributed by atoms with van der Waals surface area (Å²) in [6.45, 7) is -1.88. The second kappa shape index (κ2) is 10.8. The molecule has 2 N–H and O–H groups in total. The number of hydrogen-bond acceptors (Lipinski definition) is 3. The third kappa shape index (κ3) is 6.89. The van der Waals surface area contributed by atoms with Gasteiger partial charge in [-0.25, -0.2) is 0 Å². The van der Waals surface area contributed by atoms with Crippen LogP contribution >= 0.6 is 51.2 Å². The number of hydrogen-bond donors (Lipinski definition) is 2. The molecule has 0 atom stereocenters. The number of thiophene rings is 1. The zero-order valence-electron chi connectivity index (χ0n) is 12.8. The number of ether oxygens (including phenoxy) is 1. The molecule has 1 aromatic carbocycles. The van der Waals surface area contributed by atoms with Gasteiger partial charge < -0.3 is 15.4 Å². The number of para-hydroxylation sites is 1. The summed E-state index contributed by atoms with van der Waals surface area (Å²) in [6.07, 6.45) is 0. The standard InChI is InChI=1S/C15H16BrF2N3OS.HI/c1-19-15(21-8-12-6-11(16)9-23-12)20-7-10-4-2-3-5-13(10)22-14(17)18;/h2-6,9,14H,7-8H2,1H3,(H2,19,20,21);1H. The Morgan fingerprint density at radius 1 is 1.29 bits per heavy atom. The van der Waals surface area contributed by atoms with Gasteiger partial charge >= 0.3 is 6.61 Å². The van der Waals surface area contributed by atoms with Gasteiger partial charge in [-0.15, -0.1) is 35.3 Å². The van der Waals surface area contributed by atoms with Crippen molar-refractivity contribution in [3.63, 3.8) is 0 Å². The van der Waals surface area contributed by atoms with Crippen molar-refractivity contribution in [1.29, 1.82) is 0 Å². The van der Waals surface area contributed by atoms with E-state index in [1.165, 1.54) is 6.07 Å². The maximum Gasteiger partial charge on any atom is 0.387 e. The van der Waals surface area contributed by atoms with Gasteiger partial charge in [0.15, 0.2) is 5.96 Å². The van der Waals surface area contributed by atoms with Gasteiger partial charge in [0.05, 0.1) is 6.54 Å². The van der Waals surface area contributed by atoms with Gasteiger partial charge in [0.2, 0.25) is 0 Å². The molecule has 0 amide bonds. The molecule has 0 unspecified atom stereocenters. The van der Waals surface area contributed by atoms with E-state index < -0.39 is 6.61 Å². The Morgan fingerprint density at radius 2 is 2.00 bits per heavy atom. The Labute approximate surface area is 168 Å². The van der Waals surface area contributed by atoms with E-state index in [4.69, 9.17) is 0 Å². The molecule has 0 radical (unpaired) electrons. The van der Waals surface area contributed by atoms with Gasteiger partial charge in [-0.05, 0) is 28.1 Å². The molecule has 1 aromatic heterocycles. The van der Waals surface area contributed by atoms with E-state index in [1.54, 1.807) is 36.6 Å². The number of nitrogens with zero attached hydrogens (tertiary/aromatic N) is 1. The minimum atomic E-state index is -2.84. The third-order valence-corrected chi connectivity index (χ3v) is 4.61. The molecule has 0 aliphatic rings. The van der Waals surface area contributed by atoms with Crippen molar-refractivity contribution in [1.82, 2.24) is 10.6 Å². The number of nitrogens with one attached hydrogen (secondary N) is 2. The number of rotatable bonds is 6. The molecule has 9 heteroatoms. The molecule has 0 fully saturated rings. The molecule has 2 rings (SSSR count). The lowest BCUT2D eigenvalue weighted by Crippen LogP contribution is -2.36. The first-order valence-corrected chi connectivity index (χ1v) is 8.46. The van der Waals surface area contributed by atoms with E-state index in [1.807, 2.05) is 11.4 Å². The van der Waals surface area contributed by atoms with Crippen molar-refractivity contribution in [3.05, 3.63) is 50.6 Å². The smallest absolute Gasteiger partial charge is 0.387 e. The molecule has 0 spiro atoms. The summed E-state index contributed by atoms with van der Waals surface area (Å²) >= 11 is 5.04. The third-order valence-electron chi connectivity index (χ3n) is 2.91. The highest BCUT2D eigenvalue weighted by Gasteiger charge is 2.09. The Balaban J connectivity index is 0.00000288. The lowest BCUT2D eigenvalue weighted by molar-refractivity contribution is -0.0504. The fraction of sp³-hybridized carbons (Fsp3) is 0.267. The van der Waals surface area contributed by atoms with Crippen LogP contribution in [0.15, 0.2) is 45.2 Å². The van der Waals surface area contributed by atoms with Crippen LogP contribution in [0.25, 0.3) is 0 Å². The first-order valence-electron chi connectivity index (χ1n) is 6.78. The van der Waals surface area contributed by atoms with E-state index in [0.29, 0.717) is 24.6 Å². The van der Waals surface area contributed by atoms with Gasteiger partial charge in [-0.3, -0.25) is 4.99 Å². The Kier molecular flexibility index (Phi) is 9.52. The summed E-state index contributed by atoms with van der Waals surface area (Å²) in [5, 5.41) is 8.26. The lowest BCUT2D eigenvalue weighted by Gasteiger charge is -2.14. The maximum absolute atomic E-state index is 12.4. The Bertz CT molecular complexity index is 670. The maximum atomic E-state index is 12.4. The van der Waals surface area contributed by atoms with Crippen LogP contribution in [-0.2, 0) is 13.1 Å². The summed E-state index contributed by atoms with van der Waals surface area (Å²) in [5.74, 6) is 0.744. The molecule has 0 saturated heterocycles. The molecule has 0 aliphatic carbocycles. The molecular weight excluding hydrogens is 515 g/mol. The molecule has 132 valence electrons. The van der Waals surface area contributed by atoms with E-state index in [9.17, 15) is 8.78 Å². The Morgan fingerprint density at radius 3 is 2.62 bits per heavy atom. The van der Waals surface area contributed by atoms with Gasteiger partial charge in [0.1, 0.15) is 5.75 Å². The van der Waals surface area contributed by atoms with Crippen molar-refractivity contribution in [2.75, 3.05) is 7.05 Å². The molecule has 0 aliphatic heterocycles. The van der Waals surface area contributed by atoms with E-state index in [0.717, 1.165) is 9.35 Å². The van der Waals surface area contributed by atoms with Crippen LogP contribution in [0.2, 0.25) is 0 Å². The normalized spacial score (nSPS) is 11.1. The highest BCUT2D eigenvalue weighted by atomic mass is 127. The summed E-state index contributed by atoms with van der Waals surface area (Å²) in [4.78, 5) is 5.27. The number of halogens is 4. The lowest BCUT2D eigenvalue weighted by atomic mass is 10.2. The van der Waals surface area contributed by atoms with Crippen LogP contribution in [0.4, 0.5) is 8.78 Å². The summed E-state index contributed by atoms with van der Waals surface area (Å²) < 4.78 is 30.3. The highest BCUT2D eigenvalue weighted by Crippen LogP contribution is 2.20. The predicted octanol–water partition coefficient (Wildman–Crippen LogP) is 4.60. The average Bonchev–Trinajstić information content (AvgIpc) is 2.94. The van der Waals surface area contributed by atoms with Crippen LogP contribution in [0.5, 0.6) is 5.75 Å². The first kappa shape index (κ1) is 21.1. The number of alkyl halides is 2. The zero-order chi connectivity index (χ0) is 16.7. The van der Waals surface area contributed by atoms with Crippen molar-refractivity contribution < 1.29 is 13.5 Å². The van der Waals surface area contributed by atoms with Crippen LogP contribution in [0, 0.1) is 0 Å². The second-order valence-corrected chi connectivity index (χ2v) is 6.41. The topological polar surface area (TPSA) is 45.7 Å². The van der Waals surface area contributed by atoms with Gasteiger partial charge in [0, 0.05) is 33.9 Å². The second-order valence-electron chi connectivity index (χ2n) is 4.50. The molecule has 2 aromatic rings. The van der Waals surface area contributed by atoms with Gasteiger partial charge in [0.25, 0.3) is 0 Å². The summed E-state index contributed by atoms with van der Waals surface area (Å²) in [7, 11) is 1.65. The van der Waals surface area contributed by atoms with Crippen LogP contribution in [0.3, 0.4) is 0 Å². The molecule has 0 bridgehead atoms. The first-order chi connectivity index (χ1) is 11.1. The number of benzene rings is 1. The fourth-order valence-electron chi connectivity index (χ4n) is 1.88. The van der Waals surface area contributed by atoms with E-state index >= 15 is 0 Å². The van der Waals surface area contributed by atoms with Crippen LogP contribution < -0.4 is 15.4 Å². The Hall–Kier alpha value is -0.940. The minimum Gasteiger partial charge on any atom is -0.434 e. The molecule has 24 heavy (non-hydrogen) atoms. The van der Waals surface area contributed by atoms with Crippen molar-refractivity contribution in [2.45, 2.75) is 19.7 Å². The van der Waals surface area contributed by atoms with E-state index in [2.05, 4.69) is 36.3 Å². The predicted molar refractivity (Wildman–Crippen MR) is 108 cm³/mol. The van der Waals surface area contributed by atoms with Gasteiger partial charge in [-0.1, -0.05) is 18.2 Å². The molecule has 1 heterocycles. The zero-order valence-corrected chi connectivity index (χ0v) is 17.5. The number of aliphatic imine (C=N–C) groups is 1. The largest absolute Gasteiger partial charge is 0.434 e. The highest BCUT2D eigenvalue weighted by molar-refractivity contribution is 14.0. The van der Waals surface area contributed by atoms with E-state index in [-0.39, 0.29) is 29.7 Å². The van der Waals surface area contributed by atoms with Crippen molar-refractivity contribution >= 4 is 57.2 Å². The molecule has 4 nitrogen and oxygen atoms in total. The SMILES string of the molecule is CN=C(NCc1cc(Br)cs1)NCc1ccccc1OC(F)F.I. The number of guanidine groups is 1. The monoisotopic (exact) mass is 531 g/mol. The summed E-state index contributed by atoms with van der Waals surface area (Å²) in [5.41, 5.74) is 0.634. The van der Waals surface area contributed by atoms with Crippen molar-refractivity contribution in [3.8, 4) is 5.75 Å². The molecule has 0 saturated carbocycles. The van der Waals surface area contributed by atoms with Gasteiger partial charge in [-0.2, -0.15) is 8.78 Å². The summed E-state index contributed by atoms with van der Waals surface area (Å²) in [6, 6.07) is 8.70. The fourth-order valence-corrected chi connectivity index (χ4v) is 3.27. The minimum absolute atomic E-state index is 0. The average molecular weight is 532 g/mol. The van der Waals surface area contributed by atoms with Crippen molar-refractivity contribution in [2.24, 2.45) is 4.99 Å². The molecular formula is C15H17BrF2IN3OS.